The molecule has 0 saturated heterocycles. The Bertz CT molecular complexity index is 590. The van der Waals surface area contributed by atoms with Gasteiger partial charge in [0.1, 0.15) is 6.04 Å². The van der Waals surface area contributed by atoms with Gasteiger partial charge in [-0.1, -0.05) is 47.6 Å². The molecular formula is C15H23IN2O4S. The molecule has 130 valence electrons. The lowest BCUT2D eigenvalue weighted by atomic mass is 10.1. The molecule has 0 radical (unpaired) electrons. The smallest absolute Gasteiger partial charge is 0.320 e. The van der Waals surface area contributed by atoms with Crippen molar-refractivity contribution in [1.29, 1.82) is 0 Å². The van der Waals surface area contributed by atoms with Gasteiger partial charge in [-0.2, -0.15) is 0 Å². The third-order valence-electron chi connectivity index (χ3n) is 3.30. The number of carboxylic acid groups (broad SMARTS) is 1. The Labute approximate surface area is 151 Å². The van der Waals surface area contributed by atoms with Gasteiger partial charge in [0.25, 0.3) is 0 Å². The number of nitrogens with two attached hydrogens (primary N) is 1. The SMILES string of the molecule is NC(Cc1ccc(NS(=O)(=O)CCCCCCI)cc1)C(=O)O. The van der Waals surface area contributed by atoms with Crippen LogP contribution in [0, 0.1) is 0 Å². The Kier molecular flexibility index (Phi) is 8.85. The number of hydrogen-bond acceptors (Lipinski definition) is 4. The molecule has 0 amide bonds. The summed E-state index contributed by atoms with van der Waals surface area (Å²) in [6, 6.07) is 5.65. The molecule has 1 atom stereocenters. The van der Waals surface area contributed by atoms with Crippen LogP contribution in [-0.4, -0.2) is 35.7 Å². The normalized spacial score (nSPS) is 12.8. The van der Waals surface area contributed by atoms with E-state index >= 15 is 0 Å². The summed E-state index contributed by atoms with van der Waals surface area (Å²) in [4.78, 5) is 10.7. The number of carboxylic acids is 1. The molecule has 1 aromatic carbocycles. The molecule has 0 aliphatic rings. The van der Waals surface area contributed by atoms with Crippen LogP contribution in [0.1, 0.15) is 31.2 Å². The Morgan fingerprint density at radius 1 is 1.17 bits per heavy atom. The molecule has 0 heterocycles. The quantitative estimate of drug-likeness (QED) is 0.270. The summed E-state index contributed by atoms with van der Waals surface area (Å²) in [5.74, 6) is -0.947. The fourth-order valence-corrected chi connectivity index (χ4v) is 3.74. The van der Waals surface area contributed by atoms with Gasteiger partial charge < -0.3 is 10.8 Å². The van der Waals surface area contributed by atoms with E-state index in [1.165, 1.54) is 0 Å². The molecule has 0 aliphatic carbocycles. The van der Waals surface area contributed by atoms with E-state index in [0.29, 0.717) is 12.1 Å². The van der Waals surface area contributed by atoms with Crippen molar-refractivity contribution in [3.05, 3.63) is 29.8 Å². The van der Waals surface area contributed by atoms with Crippen LogP contribution >= 0.6 is 22.6 Å². The summed E-state index contributed by atoms with van der Waals surface area (Å²) in [6.07, 6.45) is 3.94. The zero-order valence-electron chi connectivity index (χ0n) is 12.9. The lowest BCUT2D eigenvalue weighted by Gasteiger charge is -2.10. The van der Waals surface area contributed by atoms with E-state index in [-0.39, 0.29) is 12.2 Å². The number of halogens is 1. The maximum atomic E-state index is 12.0. The lowest BCUT2D eigenvalue weighted by molar-refractivity contribution is -0.138. The maximum Gasteiger partial charge on any atom is 0.320 e. The highest BCUT2D eigenvalue weighted by molar-refractivity contribution is 14.1. The van der Waals surface area contributed by atoms with E-state index in [4.69, 9.17) is 10.8 Å². The van der Waals surface area contributed by atoms with Crippen LogP contribution in [0.3, 0.4) is 0 Å². The van der Waals surface area contributed by atoms with Crippen molar-refractivity contribution < 1.29 is 18.3 Å². The fraction of sp³-hybridized carbons (Fsp3) is 0.533. The standard InChI is InChI=1S/C15H23IN2O4S/c16-9-3-1-2-4-10-23(21,22)18-13-7-5-12(6-8-13)11-14(17)15(19)20/h5-8,14,18H,1-4,9-11,17H2,(H,19,20). The van der Waals surface area contributed by atoms with Crippen molar-refractivity contribution in [2.45, 2.75) is 38.1 Å². The summed E-state index contributed by atoms with van der Waals surface area (Å²) >= 11 is 2.31. The summed E-state index contributed by atoms with van der Waals surface area (Å²) in [6.45, 7) is 0. The fourth-order valence-electron chi connectivity index (χ4n) is 2.02. The number of rotatable bonds is 11. The predicted molar refractivity (Wildman–Crippen MR) is 101 cm³/mol. The first-order valence-corrected chi connectivity index (χ1v) is 10.7. The average Bonchev–Trinajstić information content (AvgIpc) is 2.48. The van der Waals surface area contributed by atoms with Crippen molar-refractivity contribution >= 4 is 44.3 Å². The second kappa shape index (κ2) is 10.1. The minimum absolute atomic E-state index is 0.111. The first-order chi connectivity index (χ1) is 10.8. The number of unbranched alkanes of at least 4 members (excludes halogenated alkanes) is 3. The zero-order valence-corrected chi connectivity index (χ0v) is 15.8. The molecule has 0 saturated carbocycles. The molecule has 4 N–H and O–H groups in total. The third kappa shape index (κ3) is 8.52. The molecule has 1 aromatic rings. The highest BCUT2D eigenvalue weighted by Gasteiger charge is 2.13. The number of aliphatic carboxylic acids is 1. The summed E-state index contributed by atoms with van der Waals surface area (Å²) < 4.78 is 27.6. The molecule has 1 unspecified atom stereocenters. The second-order valence-electron chi connectivity index (χ2n) is 5.37. The first-order valence-electron chi connectivity index (χ1n) is 7.48. The number of sulfonamides is 1. The van der Waals surface area contributed by atoms with Gasteiger partial charge in [-0.05, 0) is 41.4 Å². The molecule has 6 nitrogen and oxygen atoms in total. The summed E-state index contributed by atoms with van der Waals surface area (Å²) in [5.41, 5.74) is 6.69. The van der Waals surface area contributed by atoms with Crippen LogP contribution in [0.15, 0.2) is 24.3 Å². The van der Waals surface area contributed by atoms with E-state index in [0.717, 1.165) is 29.3 Å². The van der Waals surface area contributed by atoms with Gasteiger partial charge in [-0.3, -0.25) is 9.52 Å². The van der Waals surface area contributed by atoms with Crippen LogP contribution in [0.5, 0.6) is 0 Å². The molecule has 1 rings (SSSR count). The Balaban J connectivity index is 2.48. The number of benzene rings is 1. The van der Waals surface area contributed by atoms with Crippen molar-refractivity contribution in [2.75, 3.05) is 14.9 Å². The molecule has 0 bridgehead atoms. The van der Waals surface area contributed by atoms with Gasteiger partial charge >= 0.3 is 5.97 Å². The van der Waals surface area contributed by atoms with E-state index < -0.39 is 22.0 Å². The lowest BCUT2D eigenvalue weighted by Crippen LogP contribution is -2.32. The van der Waals surface area contributed by atoms with Crippen LogP contribution in [0.25, 0.3) is 0 Å². The summed E-state index contributed by atoms with van der Waals surface area (Å²) in [7, 11) is -3.34. The number of nitrogens with one attached hydrogen (secondary N) is 1. The van der Waals surface area contributed by atoms with Crippen LogP contribution < -0.4 is 10.5 Å². The number of anilines is 1. The maximum absolute atomic E-state index is 12.0. The van der Waals surface area contributed by atoms with Crippen molar-refractivity contribution in [3.63, 3.8) is 0 Å². The molecule has 0 aliphatic heterocycles. The van der Waals surface area contributed by atoms with Gasteiger partial charge in [-0.25, -0.2) is 8.42 Å². The highest BCUT2D eigenvalue weighted by Crippen LogP contribution is 2.14. The van der Waals surface area contributed by atoms with E-state index in [1.807, 2.05) is 0 Å². The van der Waals surface area contributed by atoms with Crippen LogP contribution in [0.2, 0.25) is 0 Å². The molecule has 0 fully saturated rings. The van der Waals surface area contributed by atoms with Gasteiger partial charge in [0.2, 0.25) is 10.0 Å². The minimum atomic E-state index is -3.34. The highest BCUT2D eigenvalue weighted by atomic mass is 127. The molecule has 8 heteroatoms. The topological polar surface area (TPSA) is 109 Å². The third-order valence-corrected chi connectivity index (χ3v) is 5.43. The molecule has 0 aromatic heterocycles. The van der Waals surface area contributed by atoms with Crippen molar-refractivity contribution in [3.8, 4) is 0 Å². The molecular weight excluding hydrogens is 431 g/mol. The van der Waals surface area contributed by atoms with Crippen molar-refractivity contribution in [2.24, 2.45) is 5.73 Å². The largest absolute Gasteiger partial charge is 0.480 e. The van der Waals surface area contributed by atoms with Gasteiger partial charge in [-0.15, -0.1) is 0 Å². The van der Waals surface area contributed by atoms with E-state index in [2.05, 4.69) is 27.3 Å². The number of alkyl halides is 1. The first kappa shape index (κ1) is 20.2. The second-order valence-corrected chi connectivity index (χ2v) is 8.29. The summed E-state index contributed by atoms with van der Waals surface area (Å²) in [5, 5.41) is 8.77. The predicted octanol–water partition coefficient (Wildman–Crippen LogP) is 2.38. The minimum Gasteiger partial charge on any atom is -0.480 e. The Morgan fingerprint density at radius 3 is 2.35 bits per heavy atom. The zero-order chi connectivity index (χ0) is 17.3. The van der Waals surface area contributed by atoms with E-state index in [1.54, 1.807) is 24.3 Å². The number of hydrogen-bond donors (Lipinski definition) is 3. The van der Waals surface area contributed by atoms with Crippen molar-refractivity contribution in [1.82, 2.24) is 0 Å². The molecule has 23 heavy (non-hydrogen) atoms. The van der Waals surface area contributed by atoms with E-state index in [9.17, 15) is 13.2 Å². The van der Waals surface area contributed by atoms with Crippen LogP contribution in [-0.2, 0) is 21.2 Å². The van der Waals surface area contributed by atoms with Gasteiger partial charge in [0.05, 0.1) is 5.75 Å². The Morgan fingerprint density at radius 2 is 1.78 bits per heavy atom. The van der Waals surface area contributed by atoms with Gasteiger partial charge in [0, 0.05) is 5.69 Å². The molecule has 0 spiro atoms. The van der Waals surface area contributed by atoms with Crippen LogP contribution in [0.4, 0.5) is 5.69 Å². The monoisotopic (exact) mass is 454 g/mol. The van der Waals surface area contributed by atoms with Gasteiger partial charge in [0.15, 0.2) is 0 Å². The Hall–Kier alpha value is -0.870. The number of carbonyl (C=O) groups is 1. The average molecular weight is 454 g/mol.